The number of alkyl halides is 3. The molecule has 0 heterocycles. The zero-order chi connectivity index (χ0) is 17.6. The van der Waals surface area contributed by atoms with Gasteiger partial charge in [-0.25, -0.2) is 0 Å². The van der Waals surface area contributed by atoms with Crippen LogP contribution in [-0.4, -0.2) is 19.6 Å². The van der Waals surface area contributed by atoms with Crippen LogP contribution in [0.25, 0.3) is 0 Å². The zero-order valence-corrected chi connectivity index (χ0v) is 13.0. The second-order valence-electron chi connectivity index (χ2n) is 5.04. The lowest BCUT2D eigenvalue weighted by Crippen LogP contribution is -2.16. The van der Waals surface area contributed by atoms with Gasteiger partial charge in [0, 0.05) is 30.4 Å². The minimum atomic E-state index is -4.44. The van der Waals surface area contributed by atoms with Gasteiger partial charge in [0.2, 0.25) is 5.91 Å². The van der Waals surface area contributed by atoms with Crippen molar-refractivity contribution in [3.05, 3.63) is 54.1 Å². The van der Waals surface area contributed by atoms with Crippen molar-refractivity contribution in [3.63, 3.8) is 0 Å². The van der Waals surface area contributed by atoms with Crippen LogP contribution in [0.4, 0.5) is 24.5 Å². The molecule has 0 unspecified atom stereocenters. The van der Waals surface area contributed by atoms with Crippen LogP contribution >= 0.6 is 0 Å². The average Bonchev–Trinajstić information content (AvgIpc) is 2.54. The van der Waals surface area contributed by atoms with Crippen molar-refractivity contribution in [2.24, 2.45) is 0 Å². The highest BCUT2D eigenvalue weighted by molar-refractivity contribution is 5.91. The summed E-state index contributed by atoms with van der Waals surface area (Å²) in [6.45, 7) is 0.345. The average molecular weight is 338 g/mol. The first-order chi connectivity index (χ1) is 11.4. The summed E-state index contributed by atoms with van der Waals surface area (Å²) in [5.41, 5.74) is 0.118. The quantitative estimate of drug-likeness (QED) is 0.832. The van der Waals surface area contributed by atoms with E-state index < -0.39 is 11.7 Å². The predicted molar refractivity (Wildman–Crippen MR) is 86.2 cm³/mol. The lowest BCUT2D eigenvalue weighted by atomic mass is 10.2. The van der Waals surface area contributed by atoms with E-state index in [0.717, 1.165) is 17.8 Å². The molecule has 0 aliphatic heterocycles. The Kier molecular flexibility index (Phi) is 5.68. The van der Waals surface area contributed by atoms with Crippen LogP contribution in [0, 0.1) is 0 Å². The molecule has 0 bridgehead atoms. The van der Waals surface area contributed by atoms with Gasteiger partial charge in [-0.3, -0.25) is 4.79 Å². The maximum atomic E-state index is 12.6. The van der Waals surface area contributed by atoms with Gasteiger partial charge in [-0.2, -0.15) is 13.2 Å². The number of amides is 1. The van der Waals surface area contributed by atoms with Gasteiger partial charge in [0.05, 0.1) is 12.7 Å². The van der Waals surface area contributed by atoms with E-state index >= 15 is 0 Å². The van der Waals surface area contributed by atoms with Crippen molar-refractivity contribution in [3.8, 4) is 5.75 Å². The summed E-state index contributed by atoms with van der Waals surface area (Å²) in [6, 6.07) is 11.8. The SMILES string of the molecule is COc1cccc(NCCC(=O)Nc2cccc(C(F)(F)F)c2)c1. The Balaban J connectivity index is 1.85. The van der Waals surface area contributed by atoms with E-state index in [1.165, 1.54) is 12.1 Å². The fourth-order valence-electron chi connectivity index (χ4n) is 2.05. The third-order valence-electron chi connectivity index (χ3n) is 3.22. The number of carbonyl (C=O) groups is 1. The molecular formula is C17H17F3N2O2. The number of carbonyl (C=O) groups excluding carboxylic acids is 1. The molecule has 0 fully saturated rings. The molecule has 4 nitrogen and oxygen atoms in total. The first-order valence-electron chi connectivity index (χ1n) is 7.23. The highest BCUT2D eigenvalue weighted by atomic mass is 19.4. The Morgan fingerprint density at radius 2 is 1.79 bits per heavy atom. The van der Waals surface area contributed by atoms with E-state index in [9.17, 15) is 18.0 Å². The number of benzene rings is 2. The molecule has 1 amide bonds. The Bertz CT molecular complexity index is 702. The van der Waals surface area contributed by atoms with Crippen molar-refractivity contribution >= 4 is 17.3 Å². The minimum absolute atomic E-state index is 0.119. The molecule has 0 aliphatic carbocycles. The third-order valence-corrected chi connectivity index (χ3v) is 3.22. The Hall–Kier alpha value is -2.70. The topological polar surface area (TPSA) is 50.4 Å². The molecule has 2 aromatic carbocycles. The standard InChI is InChI=1S/C17H17F3N2O2/c1-24-15-7-3-5-13(11-15)21-9-8-16(23)22-14-6-2-4-12(10-14)17(18,19)20/h2-7,10-11,21H,8-9H2,1H3,(H,22,23). The van der Waals surface area contributed by atoms with Crippen molar-refractivity contribution in [1.29, 1.82) is 0 Å². The Morgan fingerprint density at radius 3 is 2.50 bits per heavy atom. The lowest BCUT2D eigenvalue weighted by Gasteiger charge is -2.11. The molecule has 0 saturated heterocycles. The van der Waals surface area contributed by atoms with E-state index in [-0.39, 0.29) is 18.0 Å². The van der Waals surface area contributed by atoms with Gasteiger partial charge in [-0.1, -0.05) is 12.1 Å². The molecule has 2 rings (SSSR count). The van der Waals surface area contributed by atoms with Gasteiger partial charge in [0.15, 0.2) is 0 Å². The molecule has 2 aromatic rings. The molecule has 7 heteroatoms. The van der Waals surface area contributed by atoms with Gasteiger partial charge in [0.1, 0.15) is 5.75 Å². The van der Waals surface area contributed by atoms with E-state index in [1.807, 2.05) is 12.1 Å². The normalized spacial score (nSPS) is 11.0. The van der Waals surface area contributed by atoms with Gasteiger partial charge in [-0.15, -0.1) is 0 Å². The maximum absolute atomic E-state index is 12.6. The minimum Gasteiger partial charge on any atom is -0.497 e. The summed E-state index contributed by atoms with van der Waals surface area (Å²) in [7, 11) is 1.56. The van der Waals surface area contributed by atoms with Crippen molar-refractivity contribution in [2.45, 2.75) is 12.6 Å². The second-order valence-corrected chi connectivity index (χ2v) is 5.04. The van der Waals surface area contributed by atoms with Crippen molar-refractivity contribution in [1.82, 2.24) is 0 Å². The first kappa shape index (κ1) is 17.7. The van der Waals surface area contributed by atoms with Crippen LogP contribution in [0.3, 0.4) is 0 Å². The van der Waals surface area contributed by atoms with Crippen LogP contribution in [0.15, 0.2) is 48.5 Å². The zero-order valence-electron chi connectivity index (χ0n) is 13.0. The summed E-state index contributed by atoms with van der Waals surface area (Å²) < 4.78 is 43.0. The second kappa shape index (κ2) is 7.72. The largest absolute Gasteiger partial charge is 0.497 e. The molecular weight excluding hydrogens is 321 g/mol. The number of methoxy groups -OCH3 is 1. The molecule has 2 N–H and O–H groups in total. The number of halogens is 3. The number of rotatable bonds is 6. The van der Waals surface area contributed by atoms with Gasteiger partial charge in [-0.05, 0) is 30.3 Å². The first-order valence-corrected chi connectivity index (χ1v) is 7.23. The molecule has 0 spiro atoms. The number of nitrogens with one attached hydrogen (secondary N) is 2. The van der Waals surface area contributed by atoms with Crippen LogP contribution < -0.4 is 15.4 Å². The fraction of sp³-hybridized carbons (Fsp3) is 0.235. The van der Waals surface area contributed by atoms with Crippen molar-refractivity contribution < 1.29 is 22.7 Å². The molecule has 0 atom stereocenters. The molecule has 0 saturated carbocycles. The van der Waals surface area contributed by atoms with Gasteiger partial charge >= 0.3 is 6.18 Å². The molecule has 128 valence electrons. The fourth-order valence-corrected chi connectivity index (χ4v) is 2.05. The smallest absolute Gasteiger partial charge is 0.416 e. The number of hydrogen-bond donors (Lipinski definition) is 2. The number of ether oxygens (including phenoxy) is 1. The molecule has 0 radical (unpaired) electrons. The van der Waals surface area contributed by atoms with E-state index in [2.05, 4.69) is 10.6 Å². The lowest BCUT2D eigenvalue weighted by molar-refractivity contribution is -0.137. The summed E-state index contributed by atoms with van der Waals surface area (Å²) >= 11 is 0. The highest BCUT2D eigenvalue weighted by Crippen LogP contribution is 2.30. The van der Waals surface area contributed by atoms with Gasteiger partial charge in [0.25, 0.3) is 0 Å². The van der Waals surface area contributed by atoms with E-state index in [4.69, 9.17) is 4.74 Å². The van der Waals surface area contributed by atoms with Crippen LogP contribution in [0.5, 0.6) is 5.75 Å². The number of hydrogen-bond acceptors (Lipinski definition) is 3. The summed E-state index contributed by atoms with van der Waals surface area (Å²) in [5.74, 6) is 0.318. The summed E-state index contributed by atoms with van der Waals surface area (Å²) in [5, 5.41) is 5.51. The third kappa shape index (κ3) is 5.19. The molecule has 0 aliphatic rings. The van der Waals surface area contributed by atoms with Gasteiger partial charge < -0.3 is 15.4 Å². The Morgan fingerprint density at radius 1 is 1.08 bits per heavy atom. The van der Waals surface area contributed by atoms with Crippen LogP contribution in [-0.2, 0) is 11.0 Å². The van der Waals surface area contributed by atoms with Crippen LogP contribution in [0.1, 0.15) is 12.0 Å². The monoisotopic (exact) mass is 338 g/mol. The highest BCUT2D eigenvalue weighted by Gasteiger charge is 2.30. The van der Waals surface area contributed by atoms with Crippen molar-refractivity contribution in [2.75, 3.05) is 24.3 Å². The summed E-state index contributed by atoms with van der Waals surface area (Å²) in [4.78, 5) is 11.8. The summed E-state index contributed by atoms with van der Waals surface area (Å²) in [6.07, 6.45) is -4.32. The molecule has 0 aromatic heterocycles. The maximum Gasteiger partial charge on any atom is 0.416 e. The predicted octanol–water partition coefficient (Wildman–Crippen LogP) is 4.15. The Labute approximate surface area is 137 Å². The van der Waals surface area contributed by atoms with Crippen LogP contribution in [0.2, 0.25) is 0 Å². The van der Waals surface area contributed by atoms with E-state index in [0.29, 0.717) is 12.3 Å². The number of anilines is 2. The molecule has 24 heavy (non-hydrogen) atoms. The van der Waals surface area contributed by atoms with E-state index in [1.54, 1.807) is 19.2 Å².